The highest BCUT2D eigenvalue weighted by Gasteiger charge is 2.35. The largest absolute Gasteiger partial charge is 0.312 e. The molecule has 0 aromatic heterocycles. The molecule has 1 N–H and O–H groups in total. The number of nitro benzene ring substituents is 1. The number of sulfonamides is 1. The van der Waals surface area contributed by atoms with Gasteiger partial charge in [-0.1, -0.05) is 17.7 Å². The van der Waals surface area contributed by atoms with Crippen LogP contribution in [0.25, 0.3) is 0 Å². The van der Waals surface area contributed by atoms with Crippen LogP contribution in [0.15, 0.2) is 23.1 Å². The Hall–Kier alpha value is -1.22. The van der Waals surface area contributed by atoms with Crippen molar-refractivity contribution >= 4 is 27.3 Å². The summed E-state index contributed by atoms with van der Waals surface area (Å²) in [6.45, 7) is 2.86. The molecule has 1 atom stereocenters. The van der Waals surface area contributed by atoms with Crippen LogP contribution in [0.2, 0.25) is 5.02 Å². The third kappa shape index (κ3) is 2.78. The van der Waals surface area contributed by atoms with Crippen LogP contribution < -0.4 is 5.32 Å². The van der Waals surface area contributed by atoms with Crippen molar-refractivity contribution in [1.29, 1.82) is 0 Å². The normalized spacial score (nSPS) is 20.8. The number of piperazine rings is 1. The highest BCUT2D eigenvalue weighted by Crippen LogP contribution is 2.33. The Morgan fingerprint density at radius 2 is 2.20 bits per heavy atom. The number of nitro groups is 1. The van der Waals surface area contributed by atoms with Crippen molar-refractivity contribution in [2.24, 2.45) is 0 Å². The maximum absolute atomic E-state index is 12.6. The molecule has 7 nitrogen and oxygen atoms in total. The number of rotatable bonds is 3. The summed E-state index contributed by atoms with van der Waals surface area (Å²) in [4.78, 5) is 9.86. The van der Waals surface area contributed by atoms with E-state index in [1.165, 1.54) is 16.4 Å². The zero-order chi connectivity index (χ0) is 14.9. The quantitative estimate of drug-likeness (QED) is 0.668. The van der Waals surface area contributed by atoms with Gasteiger partial charge < -0.3 is 5.32 Å². The molecule has 0 amide bonds. The minimum Gasteiger partial charge on any atom is -0.312 e. The van der Waals surface area contributed by atoms with Crippen molar-refractivity contribution in [3.05, 3.63) is 33.3 Å². The minimum absolute atomic E-state index is 0.0138. The molecule has 9 heteroatoms. The van der Waals surface area contributed by atoms with Crippen LogP contribution in [0.4, 0.5) is 5.69 Å². The third-order valence-electron chi connectivity index (χ3n) is 3.07. The van der Waals surface area contributed by atoms with E-state index in [-0.39, 0.29) is 24.2 Å². The summed E-state index contributed by atoms with van der Waals surface area (Å²) in [6, 6.07) is 3.83. The van der Waals surface area contributed by atoms with Crippen molar-refractivity contribution in [3.63, 3.8) is 0 Å². The SMILES string of the molecule is CC1CN(S(=O)(=O)c2c(Cl)cccc2[N+](=O)[O-])CCN1. The van der Waals surface area contributed by atoms with E-state index >= 15 is 0 Å². The number of benzene rings is 1. The van der Waals surface area contributed by atoms with Gasteiger partial charge >= 0.3 is 0 Å². The Kier molecular flexibility index (Phi) is 4.28. The molecule has 0 saturated carbocycles. The molecule has 1 fully saturated rings. The summed E-state index contributed by atoms with van der Waals surface area (Å²) in [5.74, 6) is 0. The molecule has 1 aromatic carbocycles. The number of nitrogens with zero attached hydrogens (tertiary/aromatic N) is 2. The Bertz CT molecular complexity index is 635. The average molecular weight is 320 g/mol. The Balaban J connectivity index is 2.52. The zero-order valence-corrected chi connectivity index (χ0v) is 12.3. The first-order valence-corrected chi connectivity index (χ1v) is 7.82. The van der Waals surface area contributed by atoms with Gasteiger partial charge in [0.1, 0.15) is 0 Å². The van der Waals surface area contributed by atoms with Crippen LogP contribution in [-0.4, -0.2) is 43.3 Å². The molecule has 2 rings (SSSR count). The van der Waals surface area contributed by atoms with Crippen molar-refractivity contribution in [3.8, 4) is 0 Å². The van der Waals surface area contributed by atoms with Crippen LogP contribution in [-0.2, 0) is 10.0 Å². The monoisotopic (exact) mass is 319 g/mol. The second kappa shape index (κ2) is 5.65. The van der Waals surface area contributed by atoms with Crippen LogP contribution in [0.3, 0.4) is 0 Å². The summed E-state index contributed by atoms with van der Waals surface area (Å²) >= 11 is 5.89. The van der Waals surface area contributed by atoms with E-state index in [2.05, 4.69) is 5.32 Å². The maximum Gasteiger partial charge on any atom is 0.290 e. The van der Waals surface area contributed by atoms with E-state index in [1.54, 1.807) is 0 Å². The van der Waals surface area contributed by atoms with Crippen LogP contribution in [0.1, 0.15) is 6.92 Å². The minimum atomic E-state index is -3.98. The summed E-state index contributed by atoms with van der Waals surface area (Å²) in [6.07, 6.45) is 0. The van der Waals surface area contributed by atoms with Gasteiger partial charge in [-0.3, -0.25) is 10.1 Å². The molecule has 1 aliphatic heterocycles. The molecule has 0 spiro atoms. The predicted octanol–water partition coefficient (Wildman–Crippen LogP) is 1.23. The average Bonchev–Trinajstić information content (AvgIpc) is 2.38. The lowest BCUT2D eigenvalue weighted by molar-refractivity contribution is -0.387. The van der Waals surface area contributed by atoms with E-state index < -0.39 is 25.5 Å². The number of hydrogen-bond donors (Lipinski definition) is 1. The van der Waals surface area contributed by atoms with E-state index in [9.17, 15) is 18.5 Å². The Morgan fingerprint density at radius 3 is 2.80 bits per heavy atom. The van der Waals surface area contributed by atoms with Gasteiger partial charge in [-0.25, -0.2) is 8.42 Å². The molecule has 0 aliphatic carbocycles. The van der Waals surface area contributed by atoms with Crippen LogP contribution >= 0.6 is 11.6 Å². The van der Waals surface area contributed by atoms with E-state index in [0.717, 1.165) is 6.07 Å². The number of hydrogen-bond acceptors (Lipinski definition) is 5. The highest BCUT2D eigenvalue weighted by molar-refractivity contribution is 7.89. The Morgan fingerprint density at radius 1 is 1.50 bits per heavy atom. The van der Waals surface area contributed by atoms with Gasteiger partial charge in [-0.15, -0.1) is 0 Å². The summed E-state index contributed by atoms with van der Waals surface area (Å²) in [5, 5.41) is 14.0. The molecule has 1 aromatic rings. The summed E-state index contributed by atoms with van der Waals surface area (Å²) in [7, 11) is -3.98. The molecular weight excluding hydrogens is 306 g/mol. The first kappa shape index (κ1) is 15.2. The lowest BCUT2D eigenvalue weighted by Crippen LogP contribution is -2.51. The molecule has 1 aliphatic rings. The van der Waals surface area contributed by atoms with Crippen LogP contribution in [0.5, 0.6) is 0 Å². The molecule has 110 valence electrons. The molecule has 20 heavy (non-hydrogen) atoms. The third-order valence-corrected chi connectivity index (χ3v) is 5.46. The fourth-order valence-corrected chi connectivity index (χ4v) is 4.33. The fourth-order valence-electron chi connectivity index (χ4n) is 2.14. The van der Waals surface area contributed by atoms with E-state index in [0.29, 0.717) is 6.54 Å². The molecule has 1 heterocycles. The second-order valence-corrected chi connectivity index (χ2v) is 6.85. The Labute approximate surface area is 121 Å². The van der Waals surface area contributed by atoms with Gasteiger partial charge in [0.2, 0.25) is 0 Å². The predicted molar refractivity (Wildman–Crippen MR) is 74.3 cm³/mol. The van der Waals surface area contributed by atoms with Crippen LogP contribution in [0, 0.1) is 10.1 Å². The van der Waals surface area contributed by atoms with Gasteiger partial charge in [0, 0.05) is 31.7 Å². The van der Waals surface area contributed by atoms with Gasteiger partial charge in [0.15, 0.2) is 4.90 Å². The van der Waals surface area contributed by atoms with Crippen molar-refractivity contribution in [2.45, 2.75) is 17.9 Å². The van der Waals surface area contributed by atoms with Gasteiger partial charge in [0.05, 0.1) is 9.95 Å². The van der Waals surface area contributed by atoms with Crippen molar-refractivity contribution in [2.75, 3.05) is 19.6 Å². The van der Waals surface area contributed by atoms with E-state index in [1.807, 2.05) is 6.92 Å². The molecule has 0 bridgehead atoms. The highest BCUT2D eigenvalue weighted by atomic mass is 35.5. The topological polar surface area (TPSA) is 92.5 Å². The zero-order valence-electron chi connectivity index (χ0n) is 10.7. The molecule has 0 radical (unpaired) electrons. The maximum atomic E-state index is 12.6. The summed E-state index contributed by atoms with van der Waals surface area (Å²) in [5.41, 5.74) is -0.497. The molecular formula is C11H14ClN3O4S. The standard InChI is InChI=1S/C11H14ClN3O4S/c1-8-7-14(6-5-13-8)20(18,19)11-9(12)3-2-4-10(11)15(16)17/h2-4,8,13H,5-7H2,1H3. The van der Waals surface area contributed by atoms with Gasteiger partial charge in [-0.05, 0) is 13.0 Å². The lowest BCUT2D eigenvalue weighted by atomic mass is 10.3. The smallest absolute Gasteiger partial charge is 0.290 e. The molecule has 1 unspecified atom stereocenters. The first-order valence-electron chi connectivity index (χ1n) is 6.00. The van der Waals surface area contributed by atoms with Gasteiger partial charge in [0.25, 0.3) is 15.7 Å². The fraction of sp³-hybridized carbons (Fsp3) is 0.455. The van der Waals surface area contributed by atoms with E-state index in [4.69, 9.17) is 11.6 Å². The number of nitrogens with one attached hydrogen (secondary N) is 1. The van der Waals surface area contributed by atoms with Crippen molar-refractivity contribution in [1.82, 2.24) is 9.62 Å². The lowest BCUT2D eigenvalue weighted by Gasteiger charge is -2.31. The molecule has 1 saturated heterocycles. The first-order chi connectivity index (χ1) is 9.34. The number of halogens is 1. The van der Waals surface area contributed by atoms with Gasteiger partial charge in [-0.2, -0.15) is 4.31 Å². The van der Waals surface area contributed by atoms with Crippen molar-refractivity contribution < 1.29 is 13.3 Å². The summed E-state index contributed by atoms with van der Waals surface area (Å²) < 4.78 is 26.4. The second-order valence-electron chi connectivity index (χ2n) is 4.56.